The third-order valence-corrected chi connectivity index (χ3v) is 3.45. The molecule has 0 saturated carbocycles. The van der Waals surface area contributed by atoms with Gasteiger partial charge in [-0.25, -0.2) is 0 Å². The monoisotopic (exact) mass is 258 g/mol. The molecular weight excluding hydrogens is 232 g/mol. The van der Waals surface area contributed by atoms with Crippen LogP contribution in [0.3, 0.4) is 0 Å². The Morgan fingerprint density at radius 2 is 2.11 bits per heavy atom. The number of carbonyl (C=O) groups excluding carboxylic acids is 1. The minimum atomic E-state index is -0.777. The van der Waals surface area contributed by atoms with Gasteiger partial charge in [-0.2, -0.15) is 0 Å². The molecule has 1 fully saturated rings. The van der Waals surface area contributed by atoms with Gasteiger partial charge in [0.25, 0.3) is 0 Å². The van der Waals surface area contributed by atoms with E-state index in [1.807, 2.05) is 13.8 Å². The predicted molar refractivity (Wildman–Crippen MR) is 70.3 cm³/mol. The smallest absolute Gasteiger partial charge is 0.226 e. The standard InChI is InChI=1S/C13H26N2O3/c1-4-14-9-11(2)12(16)15(3)10-13(17)5-7-18-8-6-13/h11,14,17H,4-10H2,1-3H3. The van der Waals surface area contributed by atoms with Crippen LogP contribution in [0, 0.1) is 5.92 Å². The molecule has 106 valence electrons. The maximum atomic E-state index is 12.1. The molecule has 1 amide bonds. The zero-order valence-corrected chi connectivity index (χ0v) is 11.7. The lowest BCUT2D eigenvalue weighted by atomic mass is 9.93. The van der Waals surface area contributed by atoms with Crippen LogP contribution in [0.4, 0.5) is 0 Å². The van der Waals surface area contributed by atoms with Crippen LogP contribution in [-0.4, -0.2) is 61.4 Å². The van der Waals surface area contributed by atoms with Crippen LogP contribution in [0.25, 0.3) is 0 Å². The molecule has 0 spiro atoms. The van der Waals surface area contributed by atoms with Gasteiger partial charge in [0.15, 0.2) is 0 Å². The summed E-state index contributed by atoms with van der Waals surface area (Å²) in [5, 5.41) is 13.5. The lowest BCUT2D eigenvalue weighted by molar-refractivity contribution is -0.140. The van der Waals surface area contributed by atoms with E-state index in [1.165, 1.54) is 0 Å². The summed E-state index contributed by atoms with van der Waals surface area (Å²) in [7, 11) is 1.76. The Morgan fingerprint density at radius 3 is 2.67 bits per heavy atom. The van der Waals surface area contributed by atoms with Crippen molar-refractivity contribution in [2.24, 2.45) is 5.92 Å². The van der Waals surface area contributed by atoms with Crippen LogP contribution in [-0.2, 0) is 9.53 Å². The fourth-order valence-electron chi connectivity index (χ4n) is 2.25. The molecule has 0 radical (unpaired) electrons. The van der Waals surface area contributed by atoms with Gasteiger partial charge in [0.05, 0.1) is 5.60 Å². The molecule has 1 aliphatic rings. The van der Waals surface area contributed by atoms with E-state index in [1.54, 1.807) is 11.9 Å². The number of hydrogen-bond donors (Lipinski definition) is 2. The van der Waals surface area contributed by atoms with E-state index < -0.39 is 5.60 Å². The second-order valence-corrected chi connectivity index (χ2v) is 5.24. The average molecular weight is 258 g/mol. The predicted octanol–water partition coefficient (Wildman–Crippen LogP) is 0.232. The second kappa shape index (κ2) is 7.07. The number of rotatable bonds is 6. The van der Waals surface area contributed by atoms with Crippen LogP contribution >= 0.6 is 0 Å². The molecule has 0 aromatic carbocycles. The average Bonchev–Trinajstić information content (AvgIpc) is 2.35. The lowest BCUT2D eigenvalue weighted by Crippen LogP contribution is -2.49. The summed E-state index contributed by atoms with van der Waals surface area (Å²) in [4.78, 5) is 13.8. The minimum Gasteiger partial charge on any atom is -0.388 e. The minimum absolute atomic E-state index is 0.0570. The van der Waals surface area contributed by atoms with Gasteiger partial charge in [0.1, 0.15) is 0 Å². The van der Waals surface area contributed by atoms with Crippen molar-refractivity contribution in [3.8, 4) is 0 Å². The first-order valence-electron chi connectivity index (χ1n) is 6.74. The van der Waals surface area contributed by atoms with Gasteiger partial charge in [-0.1, -0.05) is 13.8 Å². The zero-order valence-electron chi connectivity index (χ0n) is 11.7. The summed E-state index contributed by atoms with van der Waals surface area (Å²) in [5.41, 5.74) is -0.777. The maximum absolute atomic E-state index is 12.1. The summed E-state index contributed by atoms with van der Waals surface area (Å²) < 4.78 is 5.23. The molecule has 0 bridgehead atoms. The Morgan fingerprint density at radius 1 is 1.50 bits per heavy atom. The van der Waals surface area contributed by atoms with Crippen molar-refractivity contribution in [2.75, 3.05) is 39.9 Å². The highest BCUT2D eigenvalue weighted by molar-refractivity contribution is 5.78. The number of amides is 1. The first kappa shape index (κ1) is 15.4. The molecule has 0 aromatic heterocycles. The molecule has 1 unspecified atom stereocenters. The van der Waals surface area contributed by atoms with Crippen molar-refractivity contribution >= 4 is 5.91 Å². The van der Waals surface area contributed by atoms with Gasteiger partial charge in [-0.3, -0.25) is 4.79 Å². The molecule has 1 aliphatic heterocycles. The normalized spacial score (nSPS) is 20.4. The van der Waals surface area contributed by atoms with Crippen molar-refractivity contribution in [1.29, 1.82) is 0 Å². The van der Waals surface area contributed by atoms with E-state index in [9.17, 15) is 9.90 Å². The Labute approximate surface area is 109 Å². The van der Waals surface area contributed by atoms with Gasteiger partial charge < -0.3 is 20.1 Å². The molecule has 1 saturated heterocycles. The molecule has 2 N–H and O–H groups in total. The van der Waals surface area contributed by atoms with E-state index in [-0.39, 0.29) is 11.8 Å². The van der Waals surface area contributed by atoms with Crippen molar-refractivity contribution in [3.63, 3.8) is 0 Å². The van der Waals surface area contributed by atoms with E-state index in [4.69, 9.17) is 4.74 Å². The molecule has 18 heavy (non-hydrogen) atoms. The van der Waals surface area contributed by atoms with Crippen LogP contribution in [0.2, 0.25) is 0 Å². The number of hydrogen-bond acceptors (Lipinski definition) is 4. The maximum Gasteiger partial charge on any atom is 0.226 e. The molecule has 5 heteroatoms. The molecule has 5 nitrogen and oxygen atoms in total. The molecule has 1 atom stereocenters. The summed E-state index contributed by atoms with van der Waals surface area (Å²) in [6.07, 6.45) is 1.21. The summed E-state index contributed by atoms with van der Waals surface area (Å²) in [6, 6.07) is 0. The number of ether oxygens (including phenoxy) is 1. The Kier molecular flexibility index (Phi) is 6.05. The summed E-state index contributed by atoms with van der Waals surface area (Å²) >= 11 is 0. The Hall–Kier alpha value is -0.650. The van der Waals surface area contributed by atoms with E-state index in [0.717, 1.165) is 6.54 Å². The molecule has 0 aliphatic carbocycles. The third-order valence-electron chi connectivity index (χ3n) is 3.45. The molecule has 0 aromatic rings. The number of carbonyl (C=O) groups is 1. The van der Waals surface area contributed by atoms with E-state index in [2.05, 4.69) is 5.32 Å². The van der Waals surface area contributed by atoms with Crippen LogP contribution in [0.5, 0.6) is 0 Å². The van der Waals surface area contributed by atoms with Gasteiger partial charge in [0, 0.05) is 52.1 Å². The van der Waals surface area contributed by atoms with Crippen LogP contribution in [0.1, 0.15) is 26.7 Å². The lowest BCUT2D eigenvalue weighted by Gasteiger charge is -2.36. The van der Waals surface area contributed by atoms with Crippen molar-refractivity contribution in [1.82, 2.24) is 10.2 Å². The van der Waals surface area contributed by atoms with Gasteiger partial charge in [-0.05, 0) is 6.54 Å². The van der Waals surface area contributed by atoms with Gasteiger partial charge >= 0.3 is 0 Å². The number of likely N-dealkylation sites (N-methyl/N-ethyl adjacent to an activating group) is 1. The van der Waals surface area contributed by atoms with E-state index in [0.29, 0.717) is 39.1 Å². The molecular formula is C13H26N2O3. The van der Waals surface area contributed by atoms with E-state index >= 15 is 0 Å². The van der Waals surface area contributed by atoms with Crippen molar-refractivity contribution < 1.29 is 14.6 Å². The van der Waals surface area contributed by atoms with Gasteiger partial charge in [-0.15, -0.1) is 0 Å². The number of aliphatic hydroxyl groups is 1. The SMILES string of the molecule is CCNCC(C)C(=O)N(C)CC1(O)CCOCC1. The van der Waals surface area contributed by atoms with Crippen molar-refractivity contribution in [3.05, 3.63) is 0 Å². The quantitative estimate of drug-likeness (QED) is 0.716. The first-order chi connectivity index (χ1) is 8.48. The number of nitrogens with one attached hydrogen (secondary N) is 1. The fourth-order valence-corrected chi connectivity index (χ4v) is 2.25. The third kappa shape index (κ3) is 4.55. The molecule has 1 rings (SSSR count). The zero-order chi connectivity index (χ0) is 13.6. The highest BCUT2D eigenvalue weighted by Crippen LogP contribution is 2.21. The summed E-state index contributed by atoms with van der Waals surface area (Å²) in [5.74, 6) is 0.0225. The second-order valence-electron chi connectivity index (χ2n) is 5.24. The highest BCUT2D eigenvalue weighted by atomic mass is 16.5. The van der Waals surface area contributed by atoms with Gasteiger partial charge in [0.2, 0.25) is 5.91 Å². The summed E-state index contributed by atoms with van der Waals surface area (Å²) in [6.45, 7) is 7.02. The van der Waals surface area contributed by atoms with Crippen LogP contribution in [0.15, 0.2) is 0 Å². The first-order valence-corrected chi connectivity index (χ1v) is 6.74. The Balaban J connectivity index is 2.43. The Bertz CT molecular complexity index is 265. The largest absolute Gasteiger partial charge is 0.388 e. The van der Waals surface area contributed by atoms with Crippen molar-refractivity contribution in [2.45, 2.75) is 32.3 Å². The van der Waals surface area contributed by atoms with Crippen LogP contribution < -0.4 is 5.32 Å². The highest BCUT2D eigenvalue weighted by Gasteiger charge is 2.33. The fraction of sp³-hybridized carbons (Fsp3) is 0.923. The number of nitrogens with zero attached hydrogens (tertiary/aromatic N) is 1. The molecule has 1 heterocycles. The topological polar surface area (TPSA) is 61.8 Å².